The van der Waals surface area contributed by atoms with E-state index in [-0.39, 0.29) is 0 Å². The molecule has 1 aromatic rings. The van der Waals surface area contributed by atoms with Crippen molar-refractivity contribution in [3.8, 4) is 5.75 Å². The van der Waals surface area contributed by atoms with Crippen LogP contribution in [0.1, 0.15) is 65.0 Å². The van der Waals surface area contributed by atoms with E-state index in [9.17, 15) is 0 Å². The van der Waals surface area contributed by atoms with Gasteiger partial charge in [-0.3, -0.25) is 0 Å². The molecule has 21 heavy (non-hydrogen) atoms. The van der Waals surface area contributed by atoms with Gasteiger partial charge in [0.1, 0.15) is 5.75 Å². The number of para-hydroxylation sites is 1. The number of hydrogen-bond acceptors (Lipinski definition) is 2. The third-order valence-electron chi connectivity index (χ3n) is 4.97. The molecule has 0 spiro atoms. The quantitative estimate of drug-likeness (QED) is 0.800. The Morgan fingerprint density at radius 3 is 2.67 bits per heavy atom. The summed E-state index contributed by atoms with van der Waals surface area (Å²) in [6.07, 6.45) is 5.36. The van der Waals surface area contributed by atoms with Gasteiger partial charge in [-0.25, -0.2) is 0 Å². The van der Waals surface area contributed by atoms with Crippen molar-refractivity contribution in [2.24, 2.45) is 11.3 Å². The third kappa shape index (κ3) is 3.79. The SMILES string of the molecule is CCNC(c1ccccc1OCC)C1CCCCC1(C)C. The van der Waals surface area contributed by atoms with Crippen LogP contribution in [0.25, 0.3) is 0 Å². The Morgan fingerprint density at radius 2 is 2.00 bits per heavy atom. The van der Waals surface area contributed by atoms with Crippen molar-refractivity contribution >= 4 is 0 Å². The minimum atomic E-state index is 0.393. The minimum absolute atomic E-state index is 0.393. The first-order valence-electron chi connectivity index (χ1n) is 8.55. The summed E-state index contributed by atoms with van der Waals surface area (Å²) in [6, 6.07) is 8.96. The van der Waals surface area contributed by atoms with E-state index in [4.69, 9.17) is 4.74 Å². The van der Waals surface area contributed by atoms with Crippen molar-refractivity contribution in [1.82, 2.24) is 5.32 Å². The number of rotatable bonds is 6. The van der Waals surface area contributed by atoms with Gasteiger partial charge in [0, 0.05) is 11.6 Å². The minimum Gasteiger partial charge on any atom is -0.494 e. The Kier molecular flexibility index (Phi) is 5.69. The summed E-state index contributed by atoms with van der Waals surface area (Å²) in [7, 11) is 0. The number of ether oxygens (including phenoxy) is 1. The van der Waals surface area contributed by atoms with E-state index in [1.807, 2.05) is 0 Å². The lowest BCUT2D eigenvalue weighted by atomic mass is 9.64. The van der Waals surface area contributed by atoms with Crippen molar-refractivity contribution in [3.05, 3.63) is 29.8 Å². The molecule has 2 nitrogen and oxygen atoms in total. The van der Waals surface area contributed by atoms with E-state index < -0.39 is 0 Å². The van der Waals surface area contributed by atoms with Crippen molar-refractivity contribution in [2.75, 3.05) is 13.2 Å². The van der Waals surface area contributed by atoms with Crippen LogP contribution in [-0.4, -0.2) is 13.2 Å². The summed E-state index contributed by atoms with van der Waals surface area (Å²) in [6.45, 7) is 10.9. The lowest BCUT2D eigenvalue weighted by Gasteiger charge is -2.44. The van der Waals surface area contributed by atoms with Crippen LogP contribution in [0, 0.1) is 11.3 Å². The van der Waals surface area contributed by atoms with Crippen LogP contribution >= 0.6 is 0 Å². The maximum Gasteiger partial charge on any atom is 0.124 e. The van der Waals surface area contributed by atoms with Gasteiger partial charge >= 0.3 is 0 Å². The lowest BCUT2D eigenvalue weighted by molar-refractivity contribution is 0.0975. The highest BCUT2D eigenvalue weighted by Gasteiger charge is 2.38. The van der Waals surface area contributed by atoms with Crippen molar-refractivity contribution in [3.63, 3.8) is 0 Å². The molecule has 2 unspecified atom stereocenters. The molecule has 1 aromatic carbocycles. The highest BCUT2D eigenvalue weighted by molar-refractivity contribution is 5.36. The van der Waals surface area contributed by atoms with E-state index in [0.717, 1.165) is 18.9 Å². The molecule has 2 heteroatoms. The molecule has 1 saturated carbocycles. The van der Waals surface area contributed by atoms with Gasteiger partial charge in [0.15, 0.2) is 0 Å². The van der Waals surface area contributed by atoms with Crippen LogP contribution in [-0.2, 0) is 0 Å². The molecule has 0 amide bonds. The number of benzene rings is 1. The third-order valence-corrected chi connectivity index (χ3v) is 4.97. The molecule has 0 bridgehead atoms. The maximum absolute atomic E-state index is 5.88. The van der Waals surface area contributed by atoms with Gasteiger partial charge in [-0.2, -0.15) is 0 Å². The molecule has 2 atom stereocenters. The fourth-order valence-electron chi connectivity index (χ4n) is 3.85. The van der Waals surface area contributed by atoms with Crippen molar-refractivity contribution in [1.29, 1.82) is 0 Å². The Morgan fingerprint density at radius 1 is 1.24 bits per heavy atom. The molecule has 1 aliphatic carbocycles. The van der Waals surface area contributed by atoms with Gasteiger partial charge in [0.05, 0.1) is 6.61 Å². The Bertz CT molecular complexity index is 441. The molecule has 0 heterocycles. The second-order valence-electron chi connectivity index (χ2n) is 6.85. The van der Waals surface area contributed by atoms with E-state index in [1.54, 1.807) is 0 Å². The zero-order valence-electron chi connectivity index (χ0n) is 14.1. The van der Waals surface area contributed by atoms with Gasteiger partial charge in [-0.1, -0.05) is 51.8 Å². The Labute approximate surface area is 130 Å². The smallest absolute Gasteiger partial charge is 0.124 e. The van der Waals surface area contributed by atoms with E-state index in [1.165, 1.54) is 31.2 Å². The highest BCUT2D eigenvalue weighted by atomic mass is 16.5. The highest BCUT2D eigenvalue weighted by Crippen LogP contribution is 2.48. The van der Waals surface area contributed by atoms with E-state index in [0.29, 0.717) is 17.4 Å². The first kappa shape index (κ1) is 16.4. The van der Waals surface area contributed by atoms with Crippen LogP contribution < -0.4 is 10.1 Å². The standard InChI is InChI=1S/C19H31NO/c1-5-20-18(16-12-9-10-14-19(16,3)4)15-11-7-8-13-17(15)21-6-2/h7-8,11,13,16,18,20H,5-6,9-10,12,14H2,1-4H3. The lowest BCUT2D eigenvalue weighted by Crippen LogP contribution is -2.39. The summed E-state index contributed by atoms with van der Waals surface area (Å²) in [4.78, 5) is 0. The molecule has 1 aliphatic rings. The molecule has 0 radical (unpaired) electrons. The van der Waals surface area contributed by atoms with Crippen LogP contribution in [0.4, 0.5) is 0 Å². The molecular weight excluding hydrogens is 258 g/mol. The van der Waals surface area contributed by atoms with Crippen LogP contribution in [0.2, 0.25) is 0 Å². The fraction of sp³-hybridized carbons (Fsp3) is 0.684. The predicted molar refractivity (Wildman–Crippen MR) is 89.8 cm³/mol. The molecule has 0 aliphatic heterocycles. The largest absolute Gasteiger partial charge is 0.494 e. The van der Waals surface area contributed by atoms with E-state index >= 15 is 0 Å². The number of nitrogens with one attached hydrogen (secondary N) is 1. The Balaban J connectivity index is 2.34. The van der Waals surface area contributed by atoms with Crippen molar-refractivity contribution < 1.29 is 4.74 Å². The summed E-state index contributed by atoms with van der Waals surface area (Å²) < 4.78 is 5.88. The second-order valence-corrected chi connectivity index (χ2v) is 6.85. The summed E-state index contributed by atoms with van der Waals surface area (Å²) >= 11 is 0. The monoisotopic (exact) mass is 289 g/mol. The van der Waals surface area contributed by atoms with Gasteiger partial charge < -0.3 is 10.1 Å². The maximum atomic E-state index is 5.88. The first-order valence-corrected chi connectivity index (χ1v) is 8.55. The van der Waals surface area contributed by atoms with Gasteiger partial charge in [-0.15, -0.1) is 0 Å². The van der Waals surface area contributed by atoms with E-state index in [2.05, 4.69) is 57.3 Å². The van der Waals surface area contributed by atoms with Crippen LogP contribution in [0.5, 0.6) is 5.75 Å². The molecule has 0 saturated heterocycles. The van der Waals surface area contributed by atoms with Crippen LogP contribution in [0.3, 0.4) is 0 Å². The second kappa shape index (κ2) is 7.31. The van der Waals surface area contributed by atoms with Gasteiger partial charge in [0.2, 0.25) is 0 Å². The molecule has 0 aromatic heterocycles. The normalized spacial score (nSPS) is 22.8. The fourth-order valence-corrected chi connectivity index (χ4v) is 3.85. The van der Waals surface area contributed by atoms with Crippen LogP contribution in [0.15, 0.2) is 24.3 Å². The van der Waals surface area contributed by atoms with Gasteiger partial charge in [-0.05, 0) is 43.7 Å². The first-order chi connectivity index (χ1) is 10.1. The molecule has 1 N–H and O–H groups in total. The summed E-state index contributed by atoms with van der Waals surface area (Å²) in [5, 5.41) is 3.74. The zero-order valence-corrected chi connectivity index (χ0v) is 14.1. The molecular formula is C19H31NO. The topological polar surface area (TPSA) is 21.3 Å². The Hall–Kier alpha value is -1.02. The number of hydrogen-bond donors (Lipinski definition) is 1. The zero-order chi connectivity index (χ0) is 15.3. The predicted octanol–water partition coefficient (Wildman–Crippen LogP) is 4.95. The van der Waals surface area contributed by atoms with Crippen molar-refractivity contribution in [2.45, 2.75) is 59.4 Å². The molecule has 1 fully saturated rings. The molecule has 118 valence electrons. The summed E-state index contributed by atoms with van der Waals surface area (Å²) in [5.41, 5.74) is 1.73. The average molecular weight is 289 g/mol. The van der Waals surface area contributed by atoms with Gasteiger partial charge in [0.25, 0.3) is 0 Å². The summed E-state index contributed by atoms with van der Waals surface area (Å²) in [5.74, 6) is 1.72. The molecule has 2 rings (SSSR count). The average Bonchev–Trinajstić information content (AvgIpc) is 2.46.